The molecule has 1 heterocycles. The molecule has 71 valence electrons. The zero-order valence-corrected chi connectivity index (χ0v) is 11.2. The molecule has 0 aliphatic carbocycles. The first-order valence-electron chi connectivity index (χ1n) is 3.04. The fourth-order valence-corrected chi connectivity index (χ4v) is 0.748. The van der Waals surface area contributed by atoms with Crippen molar-refractivity contribution in [3.63, 3.8) is 0 Å². The second-order valence-corrected chi connectivity index (χ2v) is 2.01. The van der Waals surface area contributed by atoms with Crippen LogP contribution in [0.2, 0.25) is 0 Å². The number of hydrogen-bond donors (Lipinski definition) is 2. The van der Waals surface area contributed by atoms with Gasteiger partial charge < -0.3 is 10.2 Å². The number of nitrogens with zero attached hydrogens (tertiary/aromatic N) is 1. The van der Waals surface area contributed by atoms with Gasteiger partial charge in [-0.15, -0.1) is 12.4 Å². The molecule has 0 aliphatic heterocycles. The zero-order chi connectivity index (χ0) is 9.14. The third kappa shape index (κ3) is 4.03. The summed E-state index contributed by atoms with van der Waals surface area (Å²) in [6.07, 6.45) is 1.23. The Balaban J connectivity index is 0. The maximum atomic E-state index is 10.4. The number of halogens is 1. The van der Waals surface area contributed by atoms with Crippen molar-refractivity contribution in [3.8, 4) is 0 Å². The third-order valence-electron chi connectivity index (χ3n) is 1.24. The number of aromatic nitrogens is 1. The number of rotatable bonds is 2. The summed E-state index contributed by atoms with van der Waals surface area (Å²) in [6.45, 7) is 0. The maximum Gasteiger partial charge on any atom is 0.355 e. The van der Waals surface area contributed by atoms with E-state index in [1.165, 1.54) is 18.3 Å². The van der Waals surface area contributed by atoms with Crippen molar-refractivity contribution in [2.75, 3.05) is 0 Å². The third-order valence-corrected chi connectivity index (χ3v) is 1.24. The second-order valence-electron chi connectivity index (χ2n) is 2.01. The summed E-state index contributed by atoms with van der Waals surface area (Å²) < 4.78 is 0. The Morgan fingerprint density at radius 2 is 1.79 bits per heavy atom. The summed E-state index contributed by atoms with van der Waals surface area (Å²) in [6, 6.07) is 2.56. The standard InChI is InChI=1S/C7H5NO4.ClH.K/c9-6(10)4-2-1-3-8-5(4)7(11)12;;/h1-3H,(H,9,10)(H,11,12);1H;. The SMILES string of the molecule is Cl.O=C(O)c1cccnc1C(=O)O.[K]. The molecule has 0 unspecified atom stereocenters. The molecule has 0 bridgehead atoms. The summed E-state index contributed by atoms with van der Waals surface area (Å²) >= 11 is 0. The van der Waals surface area contributed by atoms with Gasteiger partial charge in [0.15, 0.2) is 5.69 Å². The first-order chi connectivity index (χ1) is 5.63. The Hall–Kier alpha value is 0.0164. The van der Waals surface area contributed by atoms with E-state index < -0.39 is 17.6 Å². The molecule has 1 radical (unpaired) electrons. The molecule has 1 rings (SSSR count). The molecule has 0 saturated carbocycles. The fourth-order valence-electron chi connectivity index (χ4n) is 0.748. The minimum atomic E-state index is -1.34. The van der Waals surface area contributed by atoms with Gasteiger partial charge in [0.05, 0.1) is 5.56 Å². The Morgan fingerprint density at radius 3 is 2.14 bits per heavy atom. The molecule has 0 aliphatic rings. The van der Waals surface area contributed by atoms with Crippen LogP contribution in [-0.2, 0) is 0 Å². The summed E-state index contributed by atoms with van der Waals surface area (Å²) in [7, 11) is 0. The van der Waals surface area contributed by atoms with Gasteiger partial charge in [-0.3, -0.25) is 0 Å². The summed E-state index contributed by atoms with van der Waals surface area (Å²) in [4.78, 5) is 24.2. The Labute approximate surface area is 128 Å². The van der Waals surface area contributed by atoms with Crippen LogP contribution in [0.15, 0.2) is 18.3 Å². The van der Waals surface area contributed by atoms with Crippen LogP contribution in [-0.4, -0.2) is 78.5 Å². The second kappa shape index (κ2) is 7.33. The van der Waals surface area contributed by atoms with E-state index in [1.54, 1.807) is 0 Å². The van der Waals surface area contributed by atoms with Gasteiger partial charge in [0.2, 0.25) is 0 Å². The Bertz CT molecular complexity index is 311. The zero-order valence-electron chi connectivity index (χ0n) is 7.30. The molecule has 0 aromatic carbocycles. The Kier molecular flexibility index (Phi) is 8.61. The van der Waals surface area contributed by atoms with Crippen molar-refractivity contribution >= 4 is 75.7 Å². The van der Waals surface area contributed by atoms with Gasteiger partial charge >= 0.3 is 11.9 Å². The van der Waals surface area contributed by atoms with E-state index in [1.807, 2.05) is 0 Å². The number of carbonyl (C=O) groups is 2. The van der Waals surface area contributed by atoms with Gasteiger partial charge in [-0.2, -0.15) is 0 Å². The van der Waals surface area contributed by atoms with Gasteiger partial charge in [0, 0.05) is 57.6 Å². The minimum Gasteiger partial charge on any atom is -0.478 e. The number of pyridine rings is 1. The smallest absolute Gasteiger partial charge is 0.355 e. The van der Waals surface area contributed by atoms with Crippen molar-refractivity contribution in [1.82, 2.24) is 4.98 Å². The molecule has 5 nitrogen and oxygen atoms in total. The van der Waals surface area contributed by atoms with Crippen molar-refractivity contribution in [3.05, 3.63) is 29.6 Å². The normalized spacial score (nSPS) is 8.00. The molecule has 0 spiro atoms. The molecule has 0 amide bonds. The summed E-state index contributed by atoms with van der Waals surface area (Å²) in [5, 5.41) is 17.0. The first-order valence-corrected chi connectivity index (χ1v) is 3.04. The van der Waals surface area contributed by atoms with Crippen LogP contribution in [0.5, 0.6) is 0 Å². The van der Waals surface area contributed by atoms with Crippen LogP contribution in [0, 0.1) is 0 Å². The van der Waals surface area contributed by atoms with E-state index >= 15 is 0 Å². The molecule has 0 saturated heterocycles. The molecule has 1 aromatic heterocycles. The number of carboxylic acids is 2. The van der Waals surface area contributed by atoms with Gasteiger partial charge in [-0.05, 0) is 12.1 Å². The molecule has 0 fully saturated rings. The van der Waals surface area contributed by atoms with Crippen molar-refractivity contribution in [2.24, 2.45) is 0 Å². The molecular weight excluding hydrogens is 237 g/mol. The van der Waals surface area contributed by atoms with Gasteiger partial charge in [-0.1, -0.05) is 0 Å². The number of carboxylic acid groups (broad SMARTS) is 2. The Morgan fingerprint density at radius 1 is 1.21 bits per heavy atom. The van der Waals surface area contributed by atoms with Crippen LogP contribution in [0.4, 0.5) is 0 Å². The maximum absolute atomic E-state index is 10.4. The van der Waals surface area contributed by atoms with E-state index in [4.69, 9.17) is 10.2 Å². The molecule has 7 heteroatoms. The molecule has 1 aromatic rings. The van der Waals surface area contributed by atoms with Gasteiger partial charge in [0.1, 0.15) is 0 Å². The van der Waals surface area contributed by atoms with Crippen LogP contribution in [0.25, 0.3) is 0 Å². The molecule has 0 atom stereocenters. The first kappa shape index (κ1) is 16.4. The largest absolute Gasteiger partial charge is 0.478 e. The van der Waals surface area contributed by atoms with Crippen LogP contribution in [0.1, 0.15) is 20.8 Å². The fraction of sp³-hybridized carbons (Fsp3) is 0. The van der Waals surface area contributed by atoms with Gasteiger partial charge in [0.25, 0.3) is 0 Å². The quantitative estimate of drug-likeness (QED) is 0.739. The molecular formula is C7H6ClKNO4. The number of aromatic carboxylic acids is 2. The summed E-state index contributed by atoms with van der Waals surface area (Å²) in [5.74, 6) is -2.63. The minimum absolute atomic E-state index is 0. The topological polar surface area (TPSA) is 87.5 Å². The van der Waals surface area contributed by atoms with Crippen molar-refractivity contribution in [1.29, 1.82) is 0 Å². The monoisotopic (exact) mass is 242 g/mol. The summed E-state index contributed by atoms with van der Waals surface area (Å²) in [5.41, 5.74) is -0.741. The van der Waals surface area contributed by atoms with Crippen molar-refractivity contribution in [2.45, 2.75) is 0 Å². The average Bonchev–Trinajstić information content (AvgIpc) is 2.04. The van der Waals surface area contributed by atoms with E-state index in [0.29, 0.717) is 0 Å². The van der Waals surface area contributed by atoms with E-state index in [0.717, 1.165) is 0 Å². The van der Waals surface area contributed by atoms with E-state index in [2.05, 4.69) is 4.98 Å². The van der Waals surface area contributed by atoms with Gasteiger partial charge in [-0.25, -0.2) is 14.6 Å². The van der Waals surface area contributed by atoms with Crippen LogP contribution < -0.4 is 0 Å². The van der Waals surface area contributed by atoms with Crippen LogP contribution in [0.3, 0.4) is 0 Å². The molecule has 2 N–H and O–H groups in total. The van der Waals surface area contributed by atoms with E-state index in [-0.39, 0.29) is 69.4 Å². The predicted molar refractivity (Wildman–Crippen MR) is 51.2 cm³/mol. The van der Waals surface area contributed by atoms with Crippen molar-refractivity contribution < 1.29 is 19.8 Å². The number of hydrogen-bond acceptors (Lipinski definition) is 3. The van der Waals surface area contributed by atoms with E-state index in [9.17, 15) is 9.59 Å². The van der Waals surface area contributed by atoms with Crippen LogP contribution >= 0.6 is 12.4 Å². The average molecular weight is 243 g/mol. The molecule has 14 heavy (non-hydrogen) atoms. The predicted octanol–water partition coefficient (Wildman–Crippen LogP) is 0.519.